The predicted octanol–water partition coefficient (Wildman–Crippen LogP) is 5.20. The van der Waals surface area contributed by atoms with Crippen LogP contribution in [0, 0.1) is 6.92 Å². The van der Waals surface area contributed by atoms with Gasteiger partial charge in [-0.25, -0.2) is 9.67 Å². The lowest BCUT2D eigenvalue weighted by Gasteiger charge is -2.08. The highest BCUT2D eigenvalue weighted by Gasteiger charge is 2.18. The van der Waals surface area contributed by atoms with E-state index in [0.29, 0.717) is 11.5 Å². The molecule has 7 nitrogen and oxygen atoms in total. The van der Waals surface area contributed by atoms with Gasteiger partial charge >= 0.3 is 0 Å². The van der Waals surface area contributed by atoms with E-state index in [1.54, 1.807) is 23.1 Å². The third kappa shape index (κ3) is 4.00. The Labute approximate surface area is 192 Å². The fraction of sp³-hybridized carbons (Fsp3) is 0.0417. The molecule has 0 atom stereocenters. The van der Waals surface area contributed by atoms with E-state index in [1.165, 1.54) is 0 Å². The Balaban J connectivity index is 1.60. The molecule has 0 aliphatic carbocycles. The van der Waals surface area contributed by atoms with Crippen LogP contribution in [-0.2, 0) is 0 Å². The molecule has 3 aromatic heterocycles. The zero-order chi connectivity index (χ0) is 22.1. The normalized spacial score (nSPS) is 10.9. The molecule has 0 saturated heterocycles. The van der Waals surface area contributed by atoms with Crippen molar-refractivity contribution in [1.29, 1.82) is 0 Å². The second-order valence-electron chi connectivity index (χ2n) is 7.18. The highest BCUT2D eigenvalue weighted by molar-refractivity contribution is 9.10. The maximum Gasteiger partial charge on any atom is 0.276 e. The number of hydrogen-bond acceptors (Lipinski definition) is 5. The van der Waals surface area contributed by atoms with E-state index in [4.69, 9.17) is 0 Å². The van der Waals surface area contributed by atoms with Gasteiger partial charge in [0.15, 0.2) is 11.5 Å². The first-order valence-electron chi connectivity index (χ1n) is 9.89. The number of carbonyl (C=O) groups is 1. The number of halogens is 1. The molecule has 1 N–H and O–H groups in total. The molecular weight excluding hydrogens is 468 g/mol. The van der Waals surface area contributed by atoms with Crippen LogP contribution in [-0.4, -0.2) is 30.6 Å². The van der Waals surface area contributed by atoms with Crippen molar-refractivity contribution in [3.8, 4) is 17.1 Å². The van der Waals surface area contributed by atoms with Crippen molar-refractivity contribution in [3.05, 3.63) is 95.0 Å². The number of aromatic nitrogens is 5. The Morgan fingerprint density at radius 1 is 0.938 bits per heavy atom. The fourth-order valence-electron chi connectivity index (χ4n) is 3.37. The van der Waals surface area contributed by atoms with Gasteiger partial charge in [-0.05, 0) is 61.5 Å². The summed E-state index contributed by atoms with van der Waals surface area (Å²) in [4.78, 5) is 26.3. The molecule has 32 heavy (non-hydrogen) atoms. The lowest BCUT2D eigenvalue weighted by Crippen LogP contribution is -2.13. The van der Waals surface area contributed by atoms with Crippen LogP contribution in [0.1, 0.15) is 16.2 Å². The largest absolute Gasteiger partial charge is 0.321 e. The number of nitrogens with one attached hydrogen (secondary N) is 1. The van der Waals surface area contributed by atoms with Gasteiger partial charge in [-0.1, -0.05) is 28.1 Å². The number of aryl methyl sites for hydroxylation is 1. The third-order valence-electron chi connectivity index (χ3n) is 4.90. The van der Waals surface area contributed by atoms with Crippen LogP contribution in [0.25, 0.3) is 28.1 Å². The monoisotopic (exact) mass is 484 g/mol. The van der Waals surface area contributed by atoms with Crippen LogP contribution in [0.5, 0.6) is 0 Å². The number of carbonyl (C=O) groups excluding carboxylic acids is 1. The number of pyridine rings is 1. The second kappa shape index (κ2) is 8.32. The second-order valence-corrected chi connectivity index (χ2v) is 8.10. The van der Waals surface area contributed by atoms with Gasteiger partial charge in [-0.15, -0.1) is 0 Å². The SMILES string of the molecule is Cc1cccc(-n2nc(C(=O)Nc3ccc(Br)cc3)cc2-c2ccc3nccnc3c2)n1. The highest BCUT2D eigenvalue weighted by Crippen LogP contribution is 2.26. The van der Waals surface area contributed by atoms with Crippen molar-refractivity contribution in [3.63, 3.8) is 0 Å². The molecule has 5 aromatic rings. The summed E-state index contributed by atoms with van der Waals surface area (Å²) < 4.78 is 2.62. The Kier molecular flexibility index (Phi) is 5.20. The maximum atomic E-state index is 13.0. The zero-order valence-corrected chi connectivity index (χ0v) is 18.6. The summed E-state index contributed by atoms with van der Waals surface area (Å²) in [7, 11) is 0. The molecule has 2 aromatic carbocycles. The minimum Gasteiger partial charge on any atom is -0.321 e. The number of anilines is 1. The summed E-state index contributed by atoms with van der Waals surface area (Å²) in [5, 5.41) is 7.48. The quantitative estimate of drug-likeness (QED) is 0.378. The average Bonchev–Trinajstić information content (AvgIpc) is 3.26. The Morgan fingerprint density at radius 3 is 2.50 bits per heavy atom. The van der Waals surface area contributed by atoms with Gasteiger partial charge in [0, 0.05) is 33.8 Å². The van der Waals surface area contributed by atoms with Crippen molar-refractivity contribution < 1.29 is 4.79 Å². The Morgan fingerprint density at radius 2 is 1.72 bits per heavy atom. The molecule has 0 aliphatic heterocycles. The molecule has 5 rings (SSSR count). The van der Waals surface area contributed by atoms with Crippen LogP contribution in [0.3, 0.4) is 0 Å². The molecule has 0 aliphatic rings. The number of nitrogens with zero attached hydrogens (tertiary/aromatic N) is 5. The standard InChI is InChI=1S/C24H17BrN6O/c1-15-3-2-4-23(28-15)31-22(16-5-10-19-20(13-16)27-12-11-26-19)14-21(30-31)24(32)29-18-8-6-17(25)7-9-18/h2-14H,1H3,(H,29,32). The van der Waals surface area contributed by atoms with Crippen molar-refractivity contribution >= 4 is 38.6 Å². The maximum absolute atomic E-state index is 13.0. The summed E-state index contributed by atoms with van der Waals surface area (Å²) in [6.07, 6.45) is 3.32. The topological polar surface area (TPSA) is 85.6 Å². The lowest BCUT2D eigenvalue weighted by atomic mass is 10.1. The summed E-state index contributed by atoms with van der Waals surface area (Å²) in [5.41, 5.74) is 4.97. The molecule has 0 unspecified atom stereocenters. The van der Waals surface area contributed by atoms with Gasteiger partial charge in [-0.2, -0.15) is 5.10 Å². The molecule has 0 spiro atoms. The summed E-state index contributed by atoms with van der Waals surface area (Å²) in [6, 6.07) is 20.6. The van der Waals surface area contributed by atoms with E-state index in [0.717, 1.165) is 32.5 Å². The Bertz CT molecular complexity index is 1440. The van der Waals surface area contributed by atoms with Crippen LogP contribution in [0.15, 0.2) is 83.6 Å². The smallest absolute Gasteiger partial charge is 0.276 e. The van der Waals surface area contributed by atoms with E-state index in [-0.39, 0.29) is 11.6 Å². The van der Waals surface area contributed by atoms with Gasteiger partial charge in [0.2, 0.25) is 0 Å². The van der Waals surface area contributed by atoms with Crippen LogP contribution < -0.4 is 5.32 Å². The Hall–Kier alpha value is -3.91. The number of benzene rings is 2. The minimum absolute atomic E-state index is 0.283. The van der Waals surface area contributed by atoms with Crippen molar-refractivity contribution in [1.82, 2.24) is 24.7 Å². The molecule has 156 valence electrons. The first kappa shape index (κ1) is 20.0. The summed E-state index contributed by atoms with van der Waals surface area (Å²) in [6.45, 7) is 1.92. The predicted molar refractivity (Wildman–Crippen MR) is 127 cm³/mol. The summed E-state index contributed by atoms with van der Waals surface area (Å²) >= 11 is 3.40. The highest BCUT2D eigenvalue weighted by atomic mass is 79.9. The molecule has 0 bridgehead atoms. The van der Waals surface area contributed by atoms with Crippen molar-refractivity contribution in [2.24, 2.45) is 0 Å². The molecule has 1 amide bonds. The molecule has 3 heterocycles. The number of amides is 1. The molecule has 8 heteroatoms. The van der Waals surface area contributed by atoms with Crippen LogP contribution in [0.2, 0.25) is 0 Å². The number of hydrogen-bond donors (Lipinski definition) is 1. The summed E-state index contributed by atoms with van der Waals surface area (Å²) in [5.74, 6) is 0.322. The minimum atomic E-state index is -0.305. The zero-order valence-electron chi connectivity index (χ0n) is 17.0. The molecule has 0 fully saturated rings. The van der Waals surface area contributed by atoms with Crippen LogP contribution >= 0.6 is 15.9 Å². The van der Waals surface area contributed by atoms with E-state index >= 15 is 0 Å². The van der Waals surface area contributed by atoms with E-state index in [9.17, 15) is 4.79 Å². The number of fused-ring (bicyclic) bond motifs is 1. The van der Waals surface area contributed by atoms with Gasteiger partial charge in [0.25, 0.3) is 5.91 Å². The third-order valence-corrected chi connectivity index (χ3v) is 5.43. The van der Waals surface area contributed by atoms with Crippen molar-refractivity contribution in [2.75, 3.05) is 5.32 Å². The van der Waals surface area contributed by atoms with E-state index < -0.39 is 0 Å². The molecule has 0 saturated carbocycles. The first-order valence-corrected chi connectivity index (χ1v) is 10.7. The fourth-order valence-corrected chi connectivity index (χ4v) is 3.63. The molecular formula is C24H17BrN6O. The van der Waals surface area contributed by atoms with E-state index in [2.05, 4.69) is 41.3 Å². The van der Waals surface area contributed by atoms with Gasteiger partial charge in [0.1, 0.15) is 0 Å². The van der Waals surface area contributed by atoms with Crippen molar-refractivity contribution in [2.45, 2.75) is 6.92 Å². The van der Waals surface area contributed by atoms with Crippen LogP contribution in [0.4, 0.5) is 5.69 Å². The van der Waals surface area contributed by atoms with Gasteiger partial charge in [-0.3, -0.25) is 14.8 Å². The number of rotatable bonds is 4. The lowest BCUT2D eigenvalue weighted by molar-refractivity contribution is 0.102. The first-order chi connectivity index (χ1) is 15.6. The van der Waals surface area contributed by atoms with E-state index in [1.807, 2.05) is 67.6 Å². The average molecular weight is 485 g/mol. The van der Waals surface area contributed by atoms with Gasteiger partial charge < -0.3 is 5.32 Å². The molecule has 0 radical (unpaired) electrons. The van der Waals surface area contributed by atoms with Gasteiger partial charge in [0.05, 0.1) is 16.7 Å².